The first-order valence-corrected chi connectivity index (χ1v) is 11.8. The van der Waals surface area contributed by atoms with Gasteiger partial charge in [0.15, 0.2) is 5.82 Å². The topological polar surface area (TPSA) is 78.0 Å². The van der Waals surface area contributed by atoms with E-state index in [1.165, 1.54) is 0 Å². The highest BCUT2D eigenvalue weighted by molar-refractivity contribution is 6.17. The lowest BCUT2D eigenvalue weighted by Gasteiger charge is -2.38. The molecule has 1 fully saturated rings. The SMILES string of the molecule is CCN(CC)CC1COCCN1CCCC(=O)N1c2ccccc2C(=O)Nc2cccnc21. The Labute approximate surface area is 195 Å². The van der Waals surface area contributed by atoms with E-state index in [9.17, 15) is 9.59 Å². The normalized spacial score (nSPS) is 18.5. The van der Waals surface area contributed by atoms with Gasteiger partial charge < -0.3 is 15.0 Å². The molecule has 33 heavy (non-hydrogen) atoms. The monoisotopic (exact) mass is 451 g/mol. The third-order valence-corrected chi connectivity index (χ3v) is 6.43. The summed E-state index contributed by atoms with van der Waals surface area (Å²) in [7, 11) is 0. The number of carbonyl (C=O) groups is 2. The molecule has 1 unspecified atom stereocenters. The molecule has 2 aliphatic heterocycles. The number of benzene rings is 1. The van der Waals surface area contributed by atoms with E-state index in [-0.39, 0.29) is 11.8 Å². The third kappa shape index (κ3) is 5.24. The Morgan fingerprint density at radius 1 is 1.21 bits per heavy atom. The smallest absolute Gasteiger partial charge is 0.257 e. The summed E-state index contributed by atoms with van der Waals surface area (Å²) < 4.78 is 5.74. The van der Waals surface area contributed by atoms with Crippen LogP contribution < -0.4 is 10.2 Å². The van der Waals surface area contributed by atoms with Crippen LogP contribution in [0.2, 0.25) is 0 Å². The van der Waals surface area contributed by atoms with Crippen molar-refractivity contribution >= 4 is 29.0 Å². The fourth-order valence-electron chi connectivity index (χ4n) is 4.57. The van der Waals surface area contributed by atoms with Gasteiger partial charge in [0.2, 0.25) is 5.91 Å². The van der Waals surface area contributed by atoms with Crippen molar-refractivity contribution in [3.63, 3.8) is 0 Å². The summed E-state index contributed by atoms with van der Waals surface area (Å²) in [6.07, 6.45) is 2.74. The molecular formula is C25H33N5O3. The molecule has 0 bridgehead atoms. The van der Waals surface area contributed by atoms with Crippen LogP contribution in [-0.2, 0) is 9.53 Å². The van der Waals surface area contributed by atoms with Crippen molar-refractivity contribution in [3.8, 4) is 0 Å². The second-order valence-corrected chi connectivity index (χ2v) is 8.43. The Morgan fingerprint density at radius 3 is 2.85 bits per heavy atom. The van der Waals surface area contributed by atoms with Gasteiger partial charge in [-0.05, 0) is 50.3 Å². The Hall–Kier alpha value is -2.81. The van der Waals surface area contributed by atoms with E-state index in [1.54, 1.807) is 41.4 Å². The second kappa shape index (κ2) is 10.9. The van der Waals surface area contributed by atoms with Crippen LogP contribution >= 0.6 is 0 Å². The molecule has 2 amide bonds. The van der Waals surface area contributed by atoms with E-state index in [1.807, 2.05) is 6.07 Å². The molecule has 0 saturated carbocycles. The van der Waals surface area contributed by atoms with Gasteiger partial charge in [0, 0.05) is 31.7 Å². The number of aromatic nitrogens is 1. The highest BCUT2D eigenvalue weighted by Crippen LogP contribution is 2.36. The van der Waals surface area contributed by atoms with Gasteiger partial charge in [-0.3, -0.25) is 19.4 Å². The van der Waals surface area contributed by atoms with Gasteiger partial charge in [-0.25, -0.2) is 4.98 Å². The first kappa shape index (κ1) is 23.4. The number of rotatable bonds is 8. The quantitative estimate of drug-likeness (QED) is 0.664. The summed E-state index contributed by atoms with van der Waals surface area (Å²) in [6, 6.07) is 11.1. The molecule has 1 aromatic heterocycles. The number of ether oxygens (including phenoxy) is 1. The van der Waals surface area contributed by atoms with Crippen molar-refractivity contribution in [1.29, 1.82) is 0 Å². The molecule has 4 rings (SSSR count). The van der Waals surface area contributed by atoms with E-state index < -0.39 is 0 Å². The lowest BCUT2D eigenvalue weighted by atomic mass is 10.1. The number of amides is 2. The number of fused-ring (bicyclic) bond motifs is 2. The number of nitrogens with one attached hydrogen (secondary N) is 1. The summed E-state index contributed by atoms with van der Waals surface area (Å²) >= 11 is 0. The van der Waals surface area contributed by atoms with Gasteiger partial charge in [0.05, 0.1) is 30.2 Å². The highest BCUT2D eigenvalue weighted by Gasteiger charge is 2.30. The fraction of sp³-hybridized carbons (Fsp3) is 0.480. The van der Waals surface area contributed by atoms with Crippen LogP contribution in [0.5, 0.6) is 0 Å². The number of hydrogen-bond acceptors (Lipinski definition) is 6. The number of nitrogens with zero attached hydrogens (tertiary/aromatic N) is 4. The zero-order valence-corrected chi connectivity index (χ0v) is 19.5. The molecule has 0 spiro atoms. The molecule has 8 heteroatoms. The van der Waals surface area contributed by atoms with E-state index in [2.05, 4.69) is 33.9 Å². The van der Waals surface area contributed by atoms with Crippen LogP contribution in [0.25, 0.3) is 0 Å². The lowest BCUT2D eigenvalue weighted by Crippen LogP contribution is -2.51. The minimum atomic E-state index is -0.234. The molecular weight excluding hydrogens is 418 g/mol. The van der Waals surface area contributed by atoms with Crippen molar-refractivity contribution in [1.82, 2.24) is 14.8 Å². The minimum absolute atomic E-state index is 0.0625. The highest BCUT2D eigenvalue weighted by atomic mass is 16.5. The molecule has 1 N–H and O–H groups in total. The average Bonchev–Trinajstić information content (AvgIpc) is 2.97. The standard InChI is InChI=1S/C25H33N5O3/c1-3-28(4-2)17-19-18-33-16-15-29(19)14-8-12-23(31)30-22-11-6-5-9-20(22)25(32)27-21-10-7-13-26-24(21)30/h5-7,9-11,13,19H,3-4,8,12,14-18H2,1-2H3,(H,27,32). The molecule has 0 radical (unpaired) electrons. The maximum absolute atomic E-state index is 13.5. The predicted molar refractivity (Wildman–Crippen MR) is 129 cm³/mol. The van der Waals surface area contributed by atoms with Crippen molar-refractivity contribution in [2.75, 3.05) is 56.2 Å². The molecule has 0 aliphatic carbocycles. The van der Waals surface area contributed by atoms with E-state index >= 15 is 0 Å². The second-order valence-electron chi connectivity index (χ2n) is 8.43. The first-order chi connectivity index (χ1) is 16.1. The number of anilines is 3. The summed E-state index contributed by atoms with van der Waals surface area (Å²) in [5, 5.41) is 2.88. The van der Waals surface area contributed by atoms with Gasteiger partial charge in [-0.1, -0.05) is 26.0 Å². The molecule has 8 nitrogen and oxygen atoms in total. The summed E-state index contributed by atoms with van der Waals surface area (Å²) in [5.74, 6) is 0.168. The molecule has 1 atom stereocenters. The van der Waals surface area contributed by atoms with Crippen molar-refractivity contribution in [3.05, 3.63) is 48.2 Å². The Bertz CT molecular complexity index is 978. The predicted octanol–water partition coefficient (Wildman–Crippen LogP) is 3.13. The van der Waals surface area contributed by atoms with E-state index in [0.29, 0.717) is 35.2 Å². The molecule has 1 aromatic carbocycles. The van der Waals surface area contributed by atoms with Gasteiger partial charge in [-0.2, -0.15) is 0 Å². The molecule has 2 aliphatic rings. The van der Waals surface area contributed by atoms with Gasteiger partial charge in [0.25, 0.3) is 5.91 Å². The van der Waals surface area contributed by atoms with Crippen LogP contribution in [0.15, 0.2) is 42.6 Å². The number of hydrogen-bond donors (Lipinski definition) is 1. The van der Waals surface area contributed by atoms with Crippen molar-refractivity contribution in [2.24, 2.45) is 0 Å². The summed E-state index contributed by atoms with van der Waals surface area (Å²) in [6.45, 7) is 10.6. The summed E-state index contributed by atoms with van der Waals surface area (Å²) in [4.78, 5) is 37.1. The maximum atomic E-state index is 13.5. The fourth-order valence-corrected chi connectivity index (χ4v) is 4.57. The summed E-state index contributed by atoms with van der Waals surface area (Å²) in [5.41, 5.74) is 1.58. The van der Waals surface area contributed by atoms with Crippen LogP contribution in [0.1, 0.15) is 37.0 Å². The number of carbonyl (C=O) groups excluding carboxylic acids is 2. The van der Waals surface area contributed by atoms with E-state index in [0.717, 1.165) is 52.4 Å². The number of likely N-dealkylation sites (N-methyl/N-ethyl adjacent to an activating group) is 1. The number of para-hydroxylation sites is 1. The number of pyridine rings is 1. The minimum Gasteiger partial charge on any atom is -0.378 e. The lowest BCUT2D eigenvalue weighted by molar-refractivity contribution is -0.118. The molecule has 1 saturated heterocycles. The van der Waals surface area contributed by atoms with E-state index in [4.69, 9.17) is 4.74 Å². The van der Waals surface area contributed by atoms with Crippen LogP contribution in [0.3, 0.4) is 0 Å². The third-order valence-electron chi connectivity index (χ3n) is 6.43. The van der Waals surface area contributed by atoms with Gasteiger partial charge in [-0.15, -0.1) is 0 Å². The Balaban J connectivity index is 1.47. The zero-order chi connectivity index (χ0) is 23.2. The molecule has 3 heterocycles. The molecule has 176 valence electrons. The maximum Gasteiger partial charge on any atom is 0.257 e. The first-order valence-electron chi connectivity index (χ1n) is 11.8. The van der Waals surface area contributed by atoms with Crippen LogP contribution in [-0.4, -0.2) is 78.6 Å². The van der Waals surface area contributed by atoms with Gasteiger partial charge in [0.1, 0.15) is 0 Å². The van der Waals surface area contributed by atoms with Crippen LogP contribution in [0.4, 0.5) is 17.2 Å². The zero-order valence-electron chi connectivity index (χ0n) is 19.5. The molecule has 2 aromatic rings. The van der Waals surface area contributed by atoms with Crippen LogP contribution in [0, 0.1) is 0 Å². The average molecular weight is 452 g/mol. The number of morpholine rings is 1. The van der Waals surface area contributed by atoms with Crippen molar-refractivity contribution < 1.29 is 14.3 Å². The Kier molecular flexibility index (Phi) is 7.69. The Morgan fingerprint density at radius 2 is 2.03 bits per heavy atom. The van der Waals surface area contributed by atoms with Crippen molar-refractivity contribution in [2.45, 2.75) is 32.7 Å². The van der Waals surface area contributed by atoms with Gasteiger partial charge >= 0.3 is 0 Å². The largest absolute Gasteiger partial charge is 0.378 e.